The van der Waals surface area contributed by atoms with Gasteiger partial charge in [-0.1, -0.05) is 6.07 Å². The van der Waals surface area contributed by atoms with Crippen LogP contribution in [0.5, 0.6) is 0 Å². The van der Waals surface area contributed by atoms with Crippen LogP contribution in [0.2, 0.25) is 0 Å². The average Bonchev–Trinajstić information content (AvgIpc) is 3.14. The van der Waals surface area contributed by atoms with E-state index in [4.69, 9.17) is 0 Å². The topological polar surface area (TPSA) is 89.4 Å². The first-order valence-corrected chi connectivity index (χ1v) is 10.5. The number of hydrogen-bond donors (Lipinski definition) is 3. The molecule has 1 aliphatic rings. The maximum Gasteiger partial charge on any atom is 0.419 e. The van der Waals surface area contributed by atoms with Crippen molar-refractivity contribution in [3.8, 4) is 17.3 Å². The number of anilines is 1. The number of rotatable bonds is 3. The van der Waals surface area contributed by atoms with Crippen LogP contribution >= 0.6 is 15.9 Å². The number of aromatic amines is 1. The fourth-order valence-electron chi connectivity index (χ4n) is 3.74. The minimum absolute atomic E-state index is 0.0212. The molecule has 162 valence electrons. The molecule has 2 aromatic heterocycles. The summed E-state index contributed by atoms with van der Waals surface area (Å²) in [7, 11) is 0. The highest BCUT2D eigenvalue weighted by molar-refractivity contribution is 9.10. The van der Waals surface area contributed by atoms with E-state index in [1.165, 1.54) is 6.20 Å². The summed E-state index contributed by atoms with van der Waals surface area (Å²) in [5.41, 5.74) is 0.119. The molecule has 0 radical (unpaired) electrons. The maximum atomic E-state index is 13.7. The van der Waals surface area contributed by atoms with Crippen LogP contribution in [0, 0.1) is 11.3 Å². The number of H-pyrrole nitrogens is 1. The van der Waals surface area contributed by atoms with Crippen LogP contribution < -0.4 is 10.6 Å². The van der Waals surface area contributed by atoms with Gasteiger partial charge in [0.1, 0.15) is 11.6 Å². The van der Waals surface area contributed by atoms with Crippen LogP contribution in [-0.4, -0.2) is 33.1 Å². The number of nitriles is 1. The molecule has 0 amide bonds. The SMILES string of the molecule is CC1(C)CC[C@H](Nc2ncc(C(F)(F)F)c(-c3c[nH]c4c(Br)c(C#N)ccc34)n2)CN1. The molecule has 0 aliphatic carbocycles. The Hall–Kier alpha value is -2.64. The van der Waals surface area contributed by atoms with Crippen molar-refractivity contribution in [2.75, 3.05) is 11.9 Å². The molecule has 1 fully saturated rings. The largest absolute Gasteiger partial charge is 0.419 e. The second-order valence-corrected chi connectivity index (χ2v) is 9.06. The van der Waals surface area contributed by atoms with Crippen molar-refractivity contribution in [2.24, 2.45) is 0 Å². The third kappa shape index (κ3) is 4.25. The molecule has 1 atom stereocenters. The van der Waals surface area contributed by atoms with Crippen LogP contribution in [0.4, 0.5) is 19.1 Å². The molecule has 0 unspecified atom stereocenters. The number of fused-ring (bicyclic) bond motifs is 1. The lowest BCUT2D eigenvalue weighted by Gasteiger charge is -2.36. The second kappa shape index (κ2) is 7.80. The Morgan fingerprint density at radius 3 is 2.74 bits per heavy atom. The molecule has 1 saturated heterocycles. The summed E-state index contributed by atoms with van der Waals surface area (Å²) < 4.78 is 41.7. The predicted octanol–water partition coefficient (Wildman–Crippen LogP) is 5.22. The van der Waals surface area contributed by atoms with Gasteiger partial charge in [0.2, 0.25) is 5.95 Å². The van der Waals surface area contributed by atoms with Crippen molar-refractivity contribution in [3.63, 3.8) is 0 Å². The van der Waals surface area contributed by atoms with E-state index in [0.717, 1.165) is 19.0 Å². The lowest BCUT2D eigenvalue weighted by atomic mass is 9.91. The molecular weight excluding hydrogens is 473 g/mol. The van der Waals surface area contributed by atoms with Crippen LogP contribution in [0.25, 0.3) is 22.2 Å². The summed E-state index contributed by atoms with van der Waals surface area (Å²) in [6, 6.07) is 5.25. The molecule has 3 N–H and O–H groups in total. The van der Waals surface area contributed by atoms with E-state index in [1.54, 1.807) is 12.1 Å². The lowest BCUT2D eigenvalue weighted by molar-refractivity contribution is -0.137. The standard InChI is InChI=1S/C21H20BrF3N6/c1-20(2)6-5-12(8-29-20)30-19-28-10-15(21(23,24)25)17(31-19)14-9-27-18-13(14)4-3-11(7-26)16(18)22/h3-4,9-10,12,27,29H,5-6,8H2,1-2H3,(H,28,30,31)/t12-/m0/s1. The Morgan fingerprint density at radius 1 is 1.32 bits per heavy atom. The monoisotopic (exact) mass is 492 g/mol. The number of piperidine rings is 1. The van der Waals surface area contributed by atoms with Crippen molar-refractivity contribution in [1.82, 2.24) is 20.3 Å². The Labute approximate surface area is 185 Å². The van der Waals surface area contributed by atoms with Crippen molar-refractivity contribution in [2.45, 2.75) is 44.4 Å². The smallest absolute Gasteiger partial charge is 0.360 e. The fourth-order valence-corrected chi connectivity index (χ4v) is 4.29. The van der Waals surface area contributed by atoms with Crippen LogP contribution in [0.15, 0.2) is 29.0 Å². The van der Waals surface area contributed by atoms with Gasteiger partial charge in [0.25, 0.3) is 0 Å². The summed E-state index contributed by atoms with van der Waals surface area (Å²) >= 11 is 3.35. The molecule has 0 saturated carbocycles. The molecule has 3 aromatic rings. The van der Waals surface area contributed by atoms with Gasteiger partial charge in [0, 0.05) is 41.5 Å². The Kier molecular flexibility index (Phi) is 5.43. The van der Waals surface area contributed by atoms with Crippen molar-refractivity contribution < 1.29 is 13.2 Å². The molecule has 10 heteroatoms. The zero-order chi connectivity index (χ0) is 22.4. The first kappa shape index (κ1) is 21.6. The van der Waals surface area contributed by atoms with Gasteiger partial charge < -0.3 is 15.6 Å². The quantitative estimate of drug-likeness (QED) is 0.466. The first-order valence-electron chi connectivity index (χ1n) is 9.75. The van der Waals surface area contributed by atoms with Crippen LogP contribution in [0.3, 0.4) is 0 Å². The Balaban J connectivity index is 1.76. The third-order valence-corrected chi connectivity index (χ3v) is 6.36. The molecule has 0 bridgehead atoms. The molecular formula is C21H20BrF3N6. The van der Waals surface area contributed by atoms with Gasteiger partial charge in [-0.25, -0.2) is 9.97 Å². The highest BCUT2D eigenvalue weighted by Crippen LogP contribution is 2.40. The predicted molar refractivity (Wildman–Crippen MR) is 115 cm³/mol. The molecule has 31 heavy (non-hydrogen) atoms. The summed E-state index contributed by atoms with van der Waals surface area (Å²) in [5.74, 6) is 0.150. The normalized spacial score (nSPS) is 18.7. The molecule has 3 heterocycles. The molecule has 6 nitrogen and oxygen atoms in total. The van der Waals surface area contributed by atoms with E-state index < -0.39 is 11.7 Å². The van der Waals surface area contributed by atoms with Crippen molar-refractivity contribution in [1.29, 1.82) is 5.26 Å². The van der Waals surface area contributed by atoms with E-state index in [-0.39, 0.29) is 23.2 Å². The van der Waals surface area contributed by atoms with E-state index in [9.17, 15) is 18.4 Å². The van der Waals surface area contributed by atoms with E-state index >= 15 is 0 Å². The number of nitrogens with one attached hydrogen (secondary N) is 3. The van der Waals surface area contributed by atoms with E-state index in [1.807, 2.05) is 6.07 Å². The molecule has 0 spiro atoms. The van der Waals surface area contributed by atoms with Crippen molar-refractivity contribution in [3.05, 3.63) is 40.1 Å². The van der Waals surface area contributed by atoms with E-state index in [2.05, 4.69) is 55.4 Å². The first-order chi connectivity index (χ1) is 14.6. The van der Waals surface area contributed by atoms with Gasteiger partial charge in [0.05, 0.1) is 21.2 Å². The summed E-state index contributed by atoms with van der Waals surface area (Å²) in [6.45, 7) is 4.90. The Bertz CT molecular complexity index is 1170. The zero-order valence-corrected chi connectivity index (χ0v) is 18.4. The summed E-state index contributed by atoms with van der Waals surface area (Å²) in [6.07, 6.45) is -0.532. The average molecular weight is 493 g/mol. The minimum atomic E-state index is -4.61. The number of benzene rings is 1. The lowest BCUT2D eigenvalue weighted by Crippen LogP contribution is -2.50. The molecule has 4 rings (SSSR count). The minimum Gasteiger partial charge on any atom is -0.360 e. The van der Waals surface area contributed by atoms with Crippen LogP contribution in [0.1, 0.15) is 37.8 Å². The van der Waals surface area contributed by atoms with Gasteiger partial charge in [0.15, 0.2) is 0 Å². The fraction of sp³-hybridized carbons (Fsp3) is 0.381. The molecule has 1 aliphatic heterocycles. The van der Waals surface area contributed by atoms with Crippen molar-refractivity contribution >= 4 is 32.8 Å². The van der Waals surface area contributed by atoms with Gasteiger partial charge >= 0.3 is 6.18 Å². The number of aromatic nitrogens is 3. The number of hydrogen-bond acceptors (Lipinski definition) is 5. The van der Waals surface area contributed by atoms with E-state index in [0.29, 0.717) is 33.0 Å². The van der Waals surface area contributed by atoms with Gasteiger partial charge in [-0.3, -0.25) is 0 Å². The summed E-state index contributed by atoms with van der Waals surface area (Å²) in [5, 5.41) is 16.3. The van der Waals surface area contributed by atoms with Gasteiger partial charge in [-0.2, -0.15) is 18.4 Å². The zero-order valence-electron chi connectivity index (χ0n) is 16.9. The second-order valence-electron chi connectivity index (χ2n) is 8.26. The number of halogens is 4. The number of alkyl halides is 3. The summed E-state index contributed by atoms with van der Waals surface area (Å²) in [4.78, 5) is 11.2. The third-order valence-electron chi connectivity index (χ3n) is 5.54. The Morgan fingerprint density at radius 2 is 2.10 bits per heavy atom. The molecule has 1 aromatic carbocycles. The highest BCUT2D eigenvalue weighted by atomic mass is 79.9. The maximum absolute atomic E-state index is 13.7. The van der Waals surface area contributed by atoms with Crippen LogP contribution in [-0.2, 0) is 6.18 Å². The van der Waals surface area contributed by atoms with Gasteiger partial charge in [-0.15, -0.1) is 0 Å². The highest BCUT2D eigenvalue weighted by Gasteiger charge is 2.36. The number of nitrogens with zero attached hydrogens (tertiary/aromatic N) is 3. The van der Waals surface area contributed by atoms with Gasteiger partial charge in [-0.05, 0) is 48.7 Å².